The number of benzene rings is 2. The van der Waals surface area contributed by atoms with Crippen LogP contribution in [0, 0.1) is 10.1 Å². The van der Waals surface area contributed by atoms with Crippen LogP contribution in [-0.2, 0) is 6.61 Å². The largest absolute Gasteiger partial charge is 0.508 e. The number of hydrogen-bond donors (Lipinski definition) is 2. The Bertz CT molecular complexity index is 680. The zero-order chi connectivity index (χ0) is 15.4. The molecule has 108 valence electrons. The molecule has 2 aromatic carbocycles. The summed E-state index contributed by atoms with van der Waals surface area (Å²) in [6.45, 7) is 0.0817. The molecule has 21 heavy (non-hydrogen) atoms. The Morgan fingerprint density at radius 2 is 1.86 bits per heavy atom. The third-order valence-electron chi connectivity index (χ3n) is 2.74. The molecule has 0 saturated carbocycles. The minimum absolute atomic E-state index is 0.0428. The second-order valence-corrected chi connectivity index (χ2v) is 4.20. The van der Waals surface area contributed by atoms with Gasteiger partial charge in [-0.1, -0.05) is 12.1 Å². The molecular formula is C14H11NO6. The average molecular weight is 289 g/mol. The summed E-state index contributed by atoms with van der Waals surface area (Å²) in [4.78, 5) is 21.1. The molecule has 0 fully saturated rings. The smallest absolute Gasteiger partial charge is 0.339 e. The minimum atomic E-state index is -1.31. The van der Waals surface area contributed by atoms with Gasteiger partial charge in [0.25, 0.3) is 5.69 Å². The quantitative estimate of drug-likeness (QED) is 0.646. The van der Waals surface area contributed by atoms with Gasteiger partial charge in [0.1, 0.15) is 23.7 Å². The molecule has 0 spiro atoms. The molecule has 0 unspecified atom stereocenters. The van der Waals surface area contributed by atoms with E-state index in [0.717, 1.165) is 11.6 Å². The van der Waals surface area contributed by atoms with Crippen LogP contribution in [-0.4, -0.2) is 21.1 Å². The van der Waals surface area contributed by atoms with Gasteiger partial charge in [-0.25, -0.2) is 4.79 Å². The molecule has 2 rings (SSSR count). The predicted octanol–water partition coefficient (Wildman–Crippen LogP) is 2.58. The van der Waals surface area contributed by atoms with Crippen LogP contribution in [0.15, 0.2) is 42.5 Å². The highest BCUT2D eigenvalue weighted by molar-refractivity contribution is 5.91. The number of phenols is 1. The Labute approximate surface area is 119 Å². The molecule has 0 radical (unpaired) electrons. The lowest BCUT2D eigenvalue weighted by molar-refractivity contribution is -0.384. The van der Waals surface area contributed by atoms with Crippen molar-refractivity contribution >= 4 is 11.7 Å². The topological polar surface area (TPSA) is 110 Å². The molecule has 2 aromatic rings. The van der Waals surface area contributed by atoms with E-state index in [0.29, 0.717) is 0 Å². The molecule has 0 aromatic heterocycles. The molecule has 7 nitrogen and oxygen atoms in total. The van der Waals surface area contributed by atoms with Gasteiger partial charge in [0, 0.05) is 12.1 Å². The van der Waals surface area contributed by atoms with Gasteiger partial charge >= 0.3 is 5.97 Å². The summed E-state index contributed by atoms with van der Waals surface area (Å²) in [5, 5.41) is 28.9. The van der Waals surface area contributed by atoms with Gasteiger partial charge in [0.05, 0.1) is 4.92 Å². The molecule has 7 heteroatoms. The van der Waals surface area contributed by atoms with Crippen LogP contribution in [0.3, 0.4) is 0 Å². The third-order valence-corrected chi connectivity index (χ3v) is 2.74. The standard InChI is InChI=1S/C14H11NO6/c16-11-4-1-9(2-5-11)8-21-13-6-3-10(15(19)20)7-12(13)14(17)18/h1-7,16H,8H2,(H,17,18). The molecule has 0 aliphatic heterocycles. The highest BCUT2D eigenvalue weighted by Crippen LogP contribution is 2.25. The summed E-state index contributed by atoms with van der Waals surface area (Å²) >= 11 is 0. The lowest BCUT2D eigenvalue weighted by Crippen LogP contribution is -2.04. The van der Waals surface area contributed by atoms with Crippen molar-refractivity contribution in [3.63, 3.8) is 0 Å². The van der Waals surface area contributed by atoms with E-state index in [1.54, 1.807) is 12.1 Å². The maximum absolute atomic E-state index is 11.1. The van der Waals surface area contributed by atoms with Gasteiger partial charge in [0.15, 0.2) is 0 Å². The fourth-order valence-corrected chi connectivity index (χ4v) is 1.68. The van der Waals surface area contributed by atoms with Gasteiger partial charge < -0.3 is 14.9 Å². The summed E-state index contributed by atoms with van der Waals surface area (Å²) in [7, 11) is 0. The Balaban J connectivity index is 2.21. The van der Waals surface area contributed by atoms with Crippen LogP contribution in [0.25, 0.3) is 0 Å². The van der Waals surface area contributed by atoms with Crippen molar-refractivity contribution in [1.29, 1.82) is 0 Å². The first-order valence-corrected chi connectivity index (χ1v) is 5.90. The molecule has 0 heterocycles. The number of carboxylic acid groups (broad SMARTS) is 1. The fraction of sp³-hybridized carbons (Fsp3) is 0.0714. The third kappa shape index (κ3) is 3.47. The van der Waals surface area contributed by atoms with E-state index in [4.69, 9.17) is 14.9 Å². The first-order valence-electron chi connectivity index (χ1n) is 5.90. The molecule has 0 saturated heterocycles. The molecule has 0 aliphatic carbocycles. The fourth-order valence-electron chi connectivity index (χ4n) is 1.68. The van der Waals surface area contributed by atoms with E-state index in [9.17, 15) is 14.9 Å². The second kappa shape index (κ2) is 5.91. The molecule has 0 atom stereocenters. The molecular weight excluding hydrogens is 278 g/mol. The first kappa shape index (κ1) is 14.3. The van der Waals surface area contributed by atoms with Crippen LogP contribution in [0.1, 0.15) is 15.9 Å². The number of phenolic OH excluding ortho intramolecular Hbond substituents is 1. The van der Waals surface area contributed by atoms with Crippen molar-refractivity contribution in [2.75, 3.05) is 0 Å². The van der Waals surface area contributed by atoms with Gasteiger partial charge in [-0.05, 0) is 23.8 Å². The van der Waals surface area contributed by atoms with Crippen molar-refractivity contribution in [1.82, 2.24) is 0 Å². The number of carboxylic acids is 1. The van der Waals surface area contributed by atoms with Gasteiger partial charge in [-0.2, -0.15) is 0 Å². The Morgan fingerprint density at radius 1 is 1.19 bits per heavy atom. The predicted molar refractivity (Wildman–Crippen MR) is 72.5 cm³/mol. The summed E-state index contributed by atoms with van der Waals surface area (Å²) < 4.78 is 5.37. The molecule has 2 N–H and O–H groups in total. The molecule has 0 bridgehead atoms. The van der Waals surface area contributed by atoms with E-state index < -0.39 is 10.9 Å². The van der Waals surface area contributed by atoms with Crippen LogP contribution < -0.4 is 4.74 Å². The average Bonchev–Trinajstić information content (AvgIpc) is 2.46. The number of aromatic carboxylic acids is 1. The van der Waals surface area contributed by atoms with E-state index >= 15 is 0 Å². The summed E-state index contributed by atoms with van der Waals surface area (Å²) in [5.41, 5.74) is 0.134. The lowest BCUT2D eigenvalue weighted by atomic mass is 10.1. The minimum Gasteiger partial charge on any atom is -0.508 e. The van der Waals surface area contributed by atoms with E-state index in [-0.39, 0.29) is 29.4 Å². The van der Waals surface area contributed by atoms with Crippen molar-refractivity contribution in [3.8, 4) is 11.5 Å². The normalized spacial score (nSPS) is 10.1. The maximum atomic E-state index is 11.1. The Hall–Kier alpha value is -3.09. The highest BCUT2D eigenvalue weighted by atomic mass is 16.6. The number of nitro groups is 1. The number of nitro benzene ring substituents is 1. The van der Waals surface area contributed by atoms with E-state index in [1.807, 2.05) is 0 Å². The van der Waals surface area contributed by atoms with Crippen LogP contribution in [0.5, 0.6) is 11.5 Å². The number of aromatic hydroxyl groups is 1. The van der Waals surface area contributed by atoms with Crippen LogP contribution in [0.4, 0.5) is 5.69 Å². The lowest BCUT2D eigenvalue weighted by Gasteiger charge is -2.09. The second-order valence-electron chi connectivity index (χ2n) is 4.20. The summed E-state index contributed by atoms with van der Waals surface area (Å²) in [6.07, 6.45) is 0. The zero-order valence-electron chi connectivity index (χ0n) is 10.7. The molecule has 0 amide bonds. The number of carbonyl (C=O) groups is 1. The number of nitrogens with zero attached hydrogens (tertiary/aromatic N) is 1. The van der Waals surface area contributed by atoms with Gasteiger partial charge in [0.2, 0.25) is 0 Å². The number of hydrogen-bond acceptors (Lipinski definition) is 5. The summed E-state index contributed by atoms with van der Waals surface area (Å²) in [5.74, 6) is -1.15. The van der Waals surface area contributed by atoms with E-state index in [1.165, 1.54) is 24.3 Å². The summed E-state index contributed by atoms with van der Waals surface area (Å²) in [6, 6.07) is 9.59. The van der Waals surface area contributed by atoms with Gasteiger partial charge in [-0.3, -0.25) is 10.1 Å². The number of ether oxygens (including phenoxy) is 1. The van der Waals surface area contributed by atoms with Crippen molar-refractivity contribution in [3.05, 3.63) is 63.7 Å². The van der Waals surface area contributed by atoms with Crippen molar-refractivity contribution in [2.24, 2.45) is 0 Å². The van der Waals surface area contributed by atoms with Crippen LogP contribution >= 0.6 is 0 Å². The first-order chi connectivity index (χ1) is 9.97. The zero-order valence-corrected chi connectivity index (χ0v) is 10.7. The monoisotopic (exact) mass is 289 g/mol. The van der Waals surface area contributed by atoms with Crippen molar-refractivity contribution < 1.29 is 24.7 Å². The van der Waals surface area contributed by atoms with Crippen molar-refractivity contribution in [2.45, 2.75) is 6.61 Å². The number of rotatable bonds is 5. The molecule has 0 aliphatic rings. The van der Waals surface area contributed by atoms with Crippen LogP contribution in [0.2, 0.25) is 0 Å². The number of non-ortho nitro benzene ring substituents is 1. The Morgan fingerprint density at radius 3 is 2.43 bits per heavy atom. The Kier molecular flexibility index (Phi) is 4.03. The van der Waals surface area contributed by atoms with Gasteiger partial charge in [-0.15, -0.1) is 0 Å². The SMILES string of the molecule is O=C(O)c1cc([N+](=O)[O-])ccc1OCc1ccc(O)cc1. The van der Waals surface area contributed by atoms with E-state index in [2.05, 4.69) is 0 Å². The highest BCUT2D eigenvalue weighted by Gasteiger charge is 2.17. The maximum Gasteiger partial charge on any atom is 0.339 e.